The Hall–Kier alpha value is -2.74. The van der Waals surface area contributed by atoms with Gasteiger partial charge < -0.3 is 14.8 Å². The second-order valence-electron chi connectivity index (χ2n) is 6.77. The number of carbonyl (C=O) groups is 1. The molecule has 1 aliphatic rings. The van der Waals surface area contributed by atoms with Gasteiger partial charge in [-0.15, -0.1) is 0 Å². The van der Waals surface area contributed by atoms with E-state index in [1.807, 2.05) is 37.3 Å². The Morgan fingerprint density at radius 1 is 1.25 bits per heavy atom. The summed E-state index contributed by atoms with van der Waals surface area (Å²) in [6.07, 6.45) is 0.643. The molecule has 1 atom stereocenters. The van der Waals surface area contributed by atoms with Crippen LogP contribution in [0.25, 0.3) is 0 Å². The van der Waals surface area contributed by atoms with E-state index in [1.54, 1.807) is 19.2 Å². The first-order chi connectivity index (χ1) is 13.3. The van der Waals surface area contributed by atoms with Gasteiger partial charge in [-0.1, -0.05) is 18.2 Å². The van der Waals surface area contributed by atoms with Crippen LogP contribution in [0.3, 0.4) is 0 Å². The number of methoxy groups -OCH3 is 1. The molecule has 7 nitrogen and oxygen atoms in total. The zero-order chi connectivity index (χ0) is 20.3. The van der Waals surface area contributed by atoms with Crippen molar-refractivity contribution >= 4 is 21.6 Å². The molecule has 28 heavy (non-hydrogen) atoms. The molecule has 0 aromatic heterocycles. The lowest BCUT2D eigenvalue weighted by Crippen LogP contribution is -2.39. The van der Waals surface area contributed by atoms with Crippen LogP contribution >= 0.6 is 0 Å². The van der Waals surface area contributed by atoms with E-state index in [0.29, 0.717) is 18.0 Å². The zero-order valence-corrected chi connectivity index (χ0v) is 17.0. The lowest BCUT2D eigenvalue weighted by molar-refractivity contribution is -0.128. The standard InChI is InChI=1S/C20H24N2O5S/c1-14-4-9-18-17(12-14)22(28(3,24)25)11-10-19(27-18)20(23)21-13-15-5-7-16(26-2)8-6-15/h4-9,12,19H,10-11,13H2,1-3H3,(H,21,23)/t19-/m1/s1. The van der Waals surface area contributed by atoms with Gasteiger partial charge in [0, 0.05) is 19.5 Å². The molecule has 0 unspecified atom stereocenters. The molecule has 2 aromatic rings. The molecule has 0 fully saturated rings. The average molecular weight is 404 g/mol. The maximum Gasteiger partial charge on any atom is 0.261 e. The summed E-state index contributed by atoms with van der Waals surface area (Å²) in [5.41, 5.74) is 2.31. The molecule has 8 heteroatoms. The highest BCUT2D eigenvalue weighted by Crippen LogP contribution is 2.35. The van der Waals surface area contributed by atoms with Crippen molar-refractivity contribution in [2.75, 3.05) is 24.2 Å². The molecule has 0 spiro atoms. The van der Waals surface area contributed by atoms with E-state index >= 15 is 0 Å². The van der Waals surface area contributed by atoms with Gasteiger partial charge in [-0.25, -0.2) is 8.42 Å². The van der Waals surface area contributed by atoms with Gasteiger partial charge in [0.05, 0.1) is 19.1 Å². The molecule has 1 N–H and O–H groups in total. The van der Waals surface area contributed by atoms with E-state index in [-0.39, 0.29) is 18.9 Å². The number of amides is 1. The van der Waals surface area contributed by atoms with Gasteiger partial charge in [0.1, 0.15) is 11.5 Å². The van der Waals surface area contributed by atoms with Gasteiger partial charge in [-0.05, 0) is 42.3 Å². The summed E-state index contributed by atoms with van der Waals surface area (Å²) in [5.74, 6) is 0.853. The maximum atomic E-state index is 12.7. The number of hydrogen-bond donors (Lipinski definition) is 1. The minimum atomic E-state index is -3.48. The smallest absolute Gasteiger partial charge is 0.261 e. The molecule has 0 bridgehead atoms. The van der Waals surface area contributed by atoms with Crippen LogP contribution in [0.2, 0.25) is 0 Å². The first-order valence-electron chi connectivity index (χ1n) is 8.93. The second kappa shape index (κ2) is 8.10. The quantitative estimate of drug-likeness (QED) is 0.826. The van der Waals surface area contributed by atoms with E-state index in [9.17, 15) is 13.2 Å². The molecule has 0 radical (unpaired) electrons. The van der Waals surface area contributed by atoms with Crippen LogP contribution in [-0.2, 0) is 21.4 Å². The normalized spacial score (nSPS) is 16.5. The Balaban J connectivity index is 1.74. The average Bonchev–Trinajstić information content (AvgIpc) is 2.85. The predicted molar refractivity (Wildman–Crippen MR) is 107 cm³/mol. The third-order valence-corrected chi connectivity index (χ3v) is 5.75. The van der Waals surface area contributed by atoms with Gasteiger partial charge in [0.25, 0.3) is 5.91 Å². The number of carbonyl (C=O) groups excluding carboxylic acids is 1. The molecule has 1 amide bonds. The number of fused-ring (bicyclic) bond motifs is 1. The first-order valence-corrected chi connectivity index (χ1v) is 10.8. The Labute approximate surface area is 165 Å². The minimum Gasteiger partial charge on any atom is -0.497 e. The number of rotatable bonds is 5. The zero-order valence-electron chi connectivity index (χ0n) is 16.1. The van der Waals surface area contributed by atoms with Crippen LogP contribution in [0, 0.1) is 6.92 Å². The van der Waals surface area contributed by atoms with Crippen LogP contribution in [-0.4, -0.2) is 40.3 Å². The third-order valence-electron chi connectivity index (χ3n) is 4.57. The van der Waals surface area contributed by atoms with E-state index in [2.05, 4.69) is 5.32 Å². The molecule has 150 valence electrons. The van der Waals surface area contributed by atoms with Crippen LogP contribution in [0.15, 0.2) is 42.5 Å². The summed E-state index contributed by atoms with van der Waals surface area (Å²) in [6.45, 7) is 2.40. The molecule has 1 aliphatic heterocycles. The summed E-state index contributed by atoms with van der Waals surface area (Å²) in [6, 6.07) is 12.7. The summed E-state index contributed by atoms with van der Waals surface area (Å²) >= 11 is 0. The Kier molecular flexibility index (Phi) is 5.79. The molecule has 0 aliphatic carbocycles. The summed E-state index contributed by atoms with van der Waals surface area (Å²) in [7, 11) is -1.88. The first kappa shape index (κ1) is 20.0. The summed E-state index contributed by atoms with van der Waals surface area (Å²) in [5, 5.41) is 2.86. The van der Waals surface area contributed by atoms with Gasteiger partial charge >= 0.3 is 0 Å². The Morgan fingerprint density at radius 3 is 2.61 bits per heavy atom. The van der Waals surface area contributed by atoms with Crippen molar-refractivity contribution in [3.63, 3.8) is 0 Å². The van der Waals surface area contributed by atoms with E-state index < -0.39 is 16.1 Å². The number of aryl methyl sites for hydroxylation is 1. The van der Waals surface area contributed by atoms with E-state index in [0.717, 1.165) is 23.1 Å². The number of benzene rings is 2. The number of nitrogens with one attached hydrogen (secondary N) is 1. The number of hydrogen-bond acceptors (Lipinski definition) is 5. The van der Waals surface area contributed by atoms with Crippen molar-refractivity contribution in [2.45, 2.75) is 26.0 Å². The molecule has 2 aromatic carbocycles. The highest BCUT2D eigenvalue weighted by atomic mass is 32.2. The van der Waals surface area contributed by atoms with Crippen LogP contribution in [0.5, 0.6) is 11.5 Å². The highest BCUT2D eigenvalue weighted by Gasteiger charge is 2.31. The van der Waals surface area contributed by atoms with E-state index in [1.165, 1.54) is 4.31 Å². The van der Waals surface area contributed by atoms with E-state index in [4.69, 9.17) is 9.47 Å². The Morgan fingerprint density at radius 2 is 1.96 bits per heavy atom. The van der Waals surface area contributed by atoms with Gasteiger partial charge in [0.2, 0.25) is 10.0 Å². The Bertz CT molecular complexity index is 957. The largest absolute Gasteiger partial charge is 0.497 e. The molecular formula is C20H24N2O5S. The lowest BCUT2D eigenvalue weighted by atomic mass is 10.2. The molecule has 1 heterocycles. The minimum absolute atomic E-state index is 0.176. The van der Waals surface area contributed by atoms with Crippen molar-refractivity contribution in [3.8, 4) is 11.5 Å². The van der Waals surface area contributed by atoms with Crippen molar-refractivity contribution in [1.29, 1.82) is 0 Å². The van der Waals surface area contributed by atoms with Crippen molar-refractivity contribution < 1.29 is 22.7 Å². The second-order valence-corrected chi connectivity index (χ2v) is 8.67. The number of sulfonamides is 1. The SMILES string of the molecule is COc1ccc(CNC(=O)[C@H]2CCN(S(C)(=O)=O)c3cc(C)ccc3O2)cc1. The predicted octanol–water partition coefficient (Wildman–Crippen LogP) is 2.24. The fourth-order valence-electron chi connectivity index (χ4n) is 3.06. The van der Waals surface area contributed by atoms with Crippen LogP contribution in [0.1, 0.15) is 17.5 Å². The molecule has 0 saturated carbocycles. The van der Waals surface area contributed by atoms with Gasteiger partial charge in [-0.2, -0.15) is 0 Å². The van der Waals surface area contributed by atoms with Gasteiger partial charge in [0.15, 0.2) is 6.10 Å². The molecular weight excluding hydrogens is 380 g/mol. The fourth-order valence-corrected chi connectivity index (χ4v) is 4.00. The molecule has 0 saturated heterocycles. The van der Waals surface area contributed by atoms with Gasteiger partial charge in [-0.3, -0.25) is 9.10 Å². The fraction of sp³-hybridized carbons (Fsp3) is 0.350. The number of anilines is 1. The van der Waals surface area contributed by atoms with Crippen molar-refractivity contribution in [2.24, 2.45) is 0 Å². The highest BCUT2D eigenvalue weighted by molar-refractivity contribution is 7.92. The molecule has 3 rings (SSSR count). The third kappa shape index (κ3) is 4.56. The van der Waals surface area contributed by atoms with Crippen molar-refractivity contribution in [3.05, 3.63) is 53.6 Å². The summed E-state index contributed by atoms with van der Waals surface area (Å²) in [4.78, 5) is 12.7. The number of nitrogens with zero attached hydrogens (tertiary/aromatic N) is 1. The van der Waals surface area contributed by atoms with Crippen LogP contribution < -0.4 is 19.1 Å². The maximum absolute atomic E-state index is 12.7. The topological polar surface area (TPSA) is 84.9 Å². The van der Waals surface area contributed by atoms with Crippen LogP contribution in [0.4, 0.5) is 5.69 Å². The summed E-state index contributed by atoms with van der Waals surface area (Å²) < 4.78 is 36.7. The monoisotopic (exact) mass is 404 g/mol. The lowest BCUT2D eigenvalue weighted by Gasteiger charge is -2.21. The van der Waals surface area contributed by atoms with Crippen molar-refractivity contribution in [1.82, 2.24) is 5.32 Å². The number of ether oxygens (including phenoxy) is 2.